The number of hydrogen-bond donors (Lipinski definition) is 3. The highest BCUT2D eigenvalue weighted by molar-refractivity contribution is 5.93. The first-order valence-electron chi connectivity index (χ1n) is 4.42. The Morgan fingerprint density at radius 2 is 2.08 bits per heavy atom. The van der Waals surface area contributed by atoms with Crippen LogP contribution in [0.3, 0.4) is 0 Å². The molecule has 0 saturated heterocycles. The Hall–Kier alpha value is -1.45. The Kier molecular flexibility index (Phi) is 1.76. The van der Waals surface area contributed by atoms with E-state index in [0.29, 0.717) is 5.69 Å². The van der Waals surface area contributed by atoms with Crippen LogP contribution in [0.25, 0.3) is 0 Å². The van der Waals surface area contributed by atoms with Crippen molar-refractivity contribution in [2.75, 3.05) is 5.73 Å². The number of aryl methyl sites for hydroxylation is 1. The van der Waals surface area contributed by atoms with Crippen LogP contribution in [0.4, 0.5) is 5.69 Å². The van der Waals surface area contributed by atoms with Crippen LogP contribution >= 0.6 is 0 Å². The normalized spacial score (nSPS) is 15.4. The van der Waals surface area contributed by atoms with E-state index in [4.69, 9.17) is 10.8 Å². The quantitative estimate of drug-likeness (QED) is 0.607. The Morgan fingerprint density at radius 3 is 2.69 bits per heavy atom. The zero-order chi connectivity index (χ0) is 9.42. The van der Waals surface area contributed by atoms with E-state index in [-0.39, 0.29) is 5.69 Å². The van der Waals surface area contributed by atoms with E-state index in [2.05, 4.69) is 4.98 Å². The van der Waals surface area contributed by atoms with Crippen LogP contribution < -0.4 is 5.73 Å². The molecule has 1 aliphatic rings. The second-order valence-electron chi connectivity index (χ2n) is 3.38. The molecule has 0 bridgehead atoms. The van der Waals surface area contributed by atoms with Gasteiger partial charge in [0.15, 0.2) is 0 Å². The van der Waals surface area contributed by atoms with E-state index in [9.17, 15) is 4.79 Å². The highest BCUT2D eigenvalue weighted by atomic mass is 16.4. The van der Waals surface area contributed by atoms with Gasteiger partial charge in [-0.3, -0.25) is 0 Å². The van der Waals surface area contributed by atoms with Crippen molar-refractivity contribution in [1.82, 2.24) is 4.98 Å². The molecule has 0 saturated carbocycles. The molecule has 70 valence electrons. The second kappa shape index (κ2) is 2.80. The SMILES string of the molecule is Nc1c(C(=O)O)[nH]c2c1CCCC2. The summed E-state index contributed by atoms with van der Waals surface area (Å²) in [7, 11) is 0. The third-order valence-electron chi connectivity index (χ3n) is 2.55. The van der Waals surface area contributed by atoms with Crippen molar-refractivity contribution < 1.29 is 9.90 Å². The molecule has 1 aromatic heterocycles. The van der Waals surface area contributed by atoms with Gasteiger partial charge >= 0.3 is 5.97 Å². The number of carboxylic acid groups (broad SMARTS) is 1. The van der Waals surface area contributed by atoms with Gasteiger partial charge in [0.1, 0.15) is 5.69 Å². The summed E-state index contributed by atoms with van der Waals surface area (Å²) in [5, 5.41) is 8.80. The molecule has 4 N–H and O–H groups in total. The number of nitrogens with one attached hydrogen (secondary N) is 1. The predicted molar refractivity (Wildman–Crippen MR) is 48.8 cm³/mol. The van der Waals surface area contributed by atoms with Crippen LogP contribution in [0.5, 0.6) is 0 Å². The summed E-state index contributed by atoms with van der Waals surface area (Å²) in [4.78, 5) is 13.6. The average Bonchev–Trinajstić information content (AvgIpc) is 2.45. The molecular weight excluding hydrogens is 168 g/mol. The third-order valence-corrected chi connectivity index (χ3v) is 2.55. The molecule has 1 aromatic rings. The van der Waals surface area contributed by atoms with Gasteiger partial charge in [-0.2, -0.15) is 0 Å². The number of nitrogen functional groups attached to an aromatic ring is 1. The monoisotopic (exact) mass is 180 g/mol. The van der Waals surface area contributed by atoms with Crippen molar-refractivity contribution in [3.63, 3.8) is 0 Å². The number of rotatable bonds is 1. The minimum absolute atomic E-state index is 0.159. The lowest BCUT2D eigenvalue weighted by Gasteiger charge is -2.10. The van der Waals surface area contributed by atoms with Gasteiger partial charge in [-0.15, -0.1) is 0 Å². The maximum atomic E-state index is 10.7. The van der Waals surface area contributed by atoms with Gasteiger partial charge in [0, 0.05) is 5.69 Å². The molecule has 0 amide bonds. The molecule has 0 aliphatic heterocycles. The van der Waals surface area contributed by atoms with Crippen molar-refractivity contribution in [1.29, 1.82) is 0 Å². The number of aromatic amines is 1. The molecule has 2 rings (SSSR count). The van der Waals surface area contributed by atoms with Crippen LogP contribution in [-0.2, 0) is 12.8 Å². The predicted octanol–water partition coefficient (Wildman–Crippen LogP) is 1.17. The summed E-state index contributed by atoms with van der Waals surface area (Å²) < 4.78 is 0. The average molecular weight is 180 g/mol. The summed E-state index contributed by atoms with van der Waals surface area (Å²) in [5.74, 6) is -0.966. The van der Waals surface area contributed by atoms with Crippen LogP contribution in [0.2, 0.25) is 0 Å². The standard InChI is InChI=1S/C9H12N2O2/c10-7-5-3-1-2-4-6(5)11-8(7)9(12)13/h11H,1-4,10H2,(H,12,13). The molecule has 0 spiro atoms. The van der Waals surface area contributed by atoms with Gasteiger partial charge in [0.25, 0.3) is 0 Å². The summed E-state index contributed by atoms with van der Waals surface area (Å²) in [5.41, 5.74) is 8.34. The highest BCUT2D eigenvalue weighted by Crippen LogP contribution is 2.28. The molecule has 1 aliphatic carbocycles. The van der Waals surface area contributed by atoms with Gasteiger partial charge in [-0.25, -0.2) is 4.79 Å². The van der Waals surface area contributed by atoms with Gasteiger partial charge in [0.2, 0.25) is 0 Å². The largest absolute Gasteiger partial charge is 0.477 e. The molecule has 0 aromatic carbocycles. The molecule has 0 atom stereocenters. The fraction of sp³-hybridized carbons (Fsp3) is 0.444. The van der Waals surface area contributed by atoms with Crippen molar-refractivity contribution in [2.24, 2.45) is 0 Å². The van der Waals surface area contributed by atoms with Gasteiger partial charge in [-0.05, 0) is 31.2 Å². The Bertz CT molecular complexity index is 355. The van der Waals surface area contributed by atoms with E-state index in [1.807, 2.05) is 0 Å². The summed E-state index contributed by atoms with van der Waals surface area (Å²) in [6, 6.07) is 0. The molecule has 0 radical (unpaired) electrons. The molecule has 0 unspecified atom stereocenters. The number of carboxylic acids is 1. The van der Waals surface area contributed by atoms with Crippen LogP contribution in [0.1, 0.15) is 34.6 Å². The molecular formula is C9H12N2O2. The van der Waals surface area contributed by atoms with Crippen molar-refractivity contribution in [3.05, 3.63) is 17.0 Å². The number of anilines is 1. The zero-order valence-corrected chi connectivity index (χ0v) is 7.26. The lowest BCUT2D eigenvalue weighted by molar-refractivity contribution is 0.0692. The lowest BCUT2D eigenvalue weighted by atomic mass is 9.97. The van der Waals surface area contributed by atoms with E-state index in [0.717, 1.165) is 36.9 Å². The molecule has 4 nitrogen and oxygen atoms in total. The van der Waals surface area contributed by atoms with Crippen molar-refractivity contribution in [2.45, 2.75) is 25.7 Å². The number of aromatic nitrogens is 1. The van der Waals surface area contributed by atoms with Gasteiger partial charge in [-0.1, -0.05) is 0 Å². The van der Waals surface area contributed by atoms with Crippen LogP contribution in [0.15, 0.2) is 0 Å². The number of fused-ring (bicyclic) bond motifs is 1. The fourth-order valence-electron chi connectivity index (χ4n) is 1.88. The van der Waals surface area contributed by atoms with Gasteiger partial charge < -0.3 is 15.8 Å². The number of carbonyl (C=O) groups is 1. The maximum Gasteiger partial charge on any atom is 0.354 e. The first kappa shape index (κ1) is 8.16. The molecule has 13 heavy (non-hydrogen) atoms. The van der Waals surface area contributed by atoms with Crippen LogP contribution in [0, 0.1) is 0 Å². The van der Waals surface area contributed by atoms with Crippen molar-refractivity contribution in [3.8, 4) is 0 Å². The number of nitrogens with two attached hydrogens (primary N) is 1. The Morgan fingerprint density at radius 1 is 1.38 bits per heavy atom. The van der Waals surface area contributed by atoms with E-state index in [1.54, 1.807) is 0 Å². The Labute approximate surface area is 75.8 Å². The minimum atomic E-state index is -0.966. The number of hydrogen-bond acceptors (Lipinski definition) is 2. The van der Waals surface area contributed by atoms with E-state index in [1.165, 1.54) is 0 Å². The molecule has 4 heteroatoms. The van der Waals surface area contributed by atoms with Crippen LogP contribution in [-0.4, -0.2) is 16.1 Å². The van der Waals surface area contributed by atoms with Gasteiger partial charge in [0.05, 0.1) is 5.69 Å². The summed E-state index contributed by atoms with van der Waals surface area (Å²) >= 11 is 0. The number of H-pyrrole nitrogens is 1. The van der Waals surface area contributed by atoms with Crippen molar-refractivity contribution >= 4 is 11.7 Å². The summed E-state index contributed by atoms with van der Waals surface area (Å²) in [6.45, 7) is 0. The lowest BCUT2D eigenvalue weighted by Crippen LogP contribution is -2.02. The molecule has 0 fully saturated rings. The second-order valence-corrected chi connectivity index (χ2v) is 3.38. The fourth-order valence-corrected chi connectivity index (χ4v) is 1.88. The zero-order valence-electron chi connectivity index (χ0n) is 7.26. The first-order valence-corrected chi connectivity index (χ1v) is 4.42. The topological polar surface area (TPSA) is 79.1 Å². The smallest absolute Gasteiger partial charge is 0.354 e. The van der Waals surface area contributed by atoms with E-state index >= 15 is 0 Å². The minimum Gasteiger partial charge on any atom is -0.477 e. The third kappa shape index (κ3) is 1.18. The Balaban J connectivity index is 2.50. The first-order chi connectivity index (χ1) is 6.20. The highest BCUT2D eigenvalue weighted by Gasteiger charge is 2.21. The van der Waals surface area contributed by atoms with E-state index < -0.39 is 5.97 Å². The number of aromatic carboxylic acids is 1. The molecule has 1 heterocycles. The summed E-state index contributed by atoms with van der Waals surface area (Å²) in [6.07, 6.45) is 4.05. The maximum absolute atomic E-state index is 10.7.